The molecule has 4 heteroatoms. The molecule has 0 bridgehead atoms. The third-order valence-corrected chi connectivity index (χ3v) is 6.41. The number of amides is 1. The Morgan fingerprint density at radius 2 is 1.72 bits per heavy atom. The Bertz CT molecular complexity index is 592. The van der Waals surface area contributed by atoms with Crippen molar-refractivity contribution in [3.05, 3.63) is 35.9 Å². The number of nitrogens with zero attached hydrogens (tertiary/aromatic N) is 3. The van der Waals surface area contributed by atoms with Crippen molar-refractivity contribution in [1.29, 1.82) is 0 Å². The van der Waals surface area contributed by atoms with Gasteiger partial charge in [-0.1, -0.05) is 44.2 Å². The van der Waals surface area contributed by atoms with E-state index >= 15 is 0 Å². The van der Waals surface area contributed by atoms with Gasteiger partial charge in [0.2, 0.25) is 5.91 Å². The Kier molecular flexibility index (Phi) is 5.21. The minimum absolute atomic E-state index is 0.118. The Morgan fingerprint density at radius 1 is 1.12 bits per heavy atom. The van der Waals surface area contributed by atoms with Crippen molar-refractivity contribution in [3.8, 4) is 0 Å². The molecule has 1 saturated carbocycles. The molecule has 1 unspecified atom stereocenters. The largest absolute Gasteiger partial charge is 0.345 e. The zero-order valence-electron chi connectivity index (χ0n) is 16.3. The molecule has 1 atom stereocenters. The minimum atomic E-state index is 0.118. The van der Waals surface area contributed by atoms with Crippen LogP contribution < -0.4 is 0 Å². The van der Waals surface area contributed by atoms with E-state index in [1.165, 1.54) is 5.56 Å². The van der Waals surface area contributed by atoms with Crippen LogP contribution in [0.25, 0.3) is 0 Å². The van der Waals surface area contributed by atoms with E-state index in [9.17, 15) is 4.79 Å². The van der Waals surface area contributed by atoms with Gasteiger partial charge in [0.25, 0.3) is 0 Å². The van der Waals surface area contributed by atoms with Crippen LogP contribution in [0, 0.1) is 5.41 Å². The number of benzene rings is 1. The summed E-state index contributed by atoms with van der Waals surface area (Å²) in [5, 5.41) is 0. The highest BCUT2D eigenvalue weighted by Gasteiger charge is 2.62. The standard InChI is InChI=1S/C21H33N3O/c1-20(2)16-21(20,18-8-6-5-7-9-18)17-23(4)19(25)10-11-24-14-12-22(3)13-15-24/h5-9H,10-17H2,1-4H3. The first-order valence-electron chi connectivity index (χ1n) is 9.54. The lowest BCUT2D eigenvalue weighted by Gasteiger charge is -2.33. The van der Waals surface area contributed by atoms with Crippen LogP contribution in [-0.2, 0) is 10.2 Å². The quantitative estimate of drug-likeness (QED) is 0.794. The third kappa shape index (κ3) is 3.90. The lowest BCUT2D eigenvalue weighted by Crippen LogP contribution is -2.46. The Morgan fingerprint density at radius 3 is 2.28 bits per heavy atom. The highest BCUT2D eigenvalue weighted by molar-refractivity contribution is 5.76. The molecule has 1 aromatic carbocycles. The molecule has 0 N–H and O–H groups in total. The molecule has 1 heterocycles. The average molecular weight is 344 g/mol. The van der Waals surface area contributed by atoms with Gasteiger partial charge >= 0.3 is 0 Å². The van der Waals surface area contributed by atoms with Crippen molar-refractivity contribution in [3.63, 3.8) is 0 Å². The molecule has 2 fully saturated rings. The maximum Gasteiger partial charge on any atom is 0.223 e. The van der Waals surface area contributed by atoms with Crippen LogP contribution in [-0.4, -0.2) is 74.0 Å². The van der Waals surface area contributed by atoms with E-state index in [2.05, 4.69) is 61.0 Å². The summed E-state index contributed by atoms with van der Waals surface area (Å²) >= 11 is 0. The molecule has 0 radical (unpaired) electrons. The topological polar surface area (TPSA) is 26.8 Å². The minimum Gasteiger partial charge on any atom is -0.345 e. The summed E-state index contributed by atoms with van der Waals surface area (Å²) in [7, 11) is 4.14. The molecule has 1 aliphatic carbocycles. The average Bonchev–Trinajstić information content (AvgIpc) is 3.16. The summed E-state index contributed by atoms with van der Waals surface area (Å²) in [5.74, 6) is 0.275. The van der Waals surface area contributed by atoms with E-state index < -0.39 is 0 Å². The Labute approximate surface area is 152 Å². The number of hydrogen-bond donors (Lipinski definition) is 0. The Hall–Kier alpha value is -1.39. The highest BCUT2D eigenvalue weighted by Crippen LogP contribution is 2.64. The summed E-state index contributed by atoms with van der Waals surface area (Å²) in [6.45, 7) is 10.7. The summed E-state index contributed by atoms with van der Waals surface area (Å²) in [6, 6.07) is 10.7. The van der Waals surface area contributed by atoms with Crippen LogP contribution in [0.2, 0.25) is 0 Å². The van der Waals surface area contributed by atoms with Gasteiger partial charge in [0.1, 0.15) is 0 Å². The van der Waals surface area contributed by atoms with Crippen LogP contribution in [0.1, 0.15) is 32.3 Å². The van der Waals surface area contributed by atoms with Crippen LogP contribution in [0.4, 0.5) is 0 Å². The molecule has 1 aliphatic heterocycles. The SMILES string of the molecule is CN1CCN(CCC(=O)N(C)CC2(c3ccccc3)CC2(C)C)CC1. The van der Waals surface area contributed by atoms with Crippen molar-refractivity contribution in [2.24, 2.45) is 5.41 Å². The molecule has 1 saturated heterocycles. The van der Waals surface area contributed by atoms with Crippen LogP contribution >= 0.6 is 0 Å². The summed E-state index contributed by atoms with van der Waals surface area (Å²) in [5.41, 5.74) is 1.76. The first kappa shape index (κ1) is 18.4. The van der Waals surface area contributed by atoms with Crippen LogP contribution in [0.15, 0.2) is 30.3 Å². The number of likely N-dealkylation sites (N-methyl/N-ethyl adjacent to an activating group) is 2. The number of rotatable bonds is 6. The smallest absolute Gasteiger partial charge is 0.223 e. The van der Waals surface area contributed by atoms with Gasteiger partial charge in [-0.15, -0.1) is 0 Å². The highest BCUT2D eigenvalue weighted by atomic mass is 16.2. The van der Waals surface area contributed by atoms with Crippen LogP contribution in [0.3, 0.4) is 0 Å². The van der Waals surface area contributed by atoms with Crippen LogP contribution in [0.5, 0.6) is 0 Å². The van der Waals surface area contributed by atoms with Crippen molar-refractivity contribution in [2.75, 3.05) is 53.4 Å². The molecular formula is C21H33N3O. The molecule has 0 spiro atoms. The molecule has 2 aliphatic rings. The normalized spacial score (nSPS) is 26.4. The number of hydrogen-bond acceptors (Lipinski definition) is 3. The number of carbonyl (C=O) groups is 1. The maximum atomic E-state index is 12.7. The zero-order chi connectivity index (χ0) is 18.1. The monoisotopic (exact) mass is 343 g/mol. The first-order chi connectivity index (χ1) is 11.8. The third-order valence-electron chi connectivity index (χ3n) is 6.41. The number of carbonyl (C=O) groups excluding carboxylic acids is 1. The van der Waals surface area contributed by atoms with Crippen molar-refractivity contribution >= 4 is 5.91 Å². The molecule has 0 aromatic heterocycles. The fraction of sp³-hybridized carbons (Fsp3) is 0.667. The van der Waals surface area contributed by atoms with Gasteiger partial charge in [0, 0.05) is 58.2 Å². The molecule has 138 valence electrons. The van der Waals surface area contributed by atoms with E-state index in [-0.39, 0.29) is 16.7 Å². The van der Waals surface area contributed by atoms with E-state index in [4.69, 9.17) is 0 Å². The second-order valence-electron chi connectivity index (χ2n) is 8.65. The van der Waals surface area contributed by atoms with Crippen molar-refractivity contribution < 1.29 is 4.79 Å². The van der Waals surface area contributed by atoms with Gasteiger partial charge in [-0.3, -0.25) is 4.79 Å². The second-order valence-corrected chi connectivity index (χ2v) is 8.65. The summed E-state index contributed by atoms with van der Waals surface area (Å²) < 4.78 is 0. The fourth-order valence-electron chi connectivity index (χ4n) is 4.33. The first-order valence-corrected chi connectivity index (χ1v) is 9.54. The molecule has 1 aromatic rings. The zero-order valence-corrected chi connectivity index (χ0v) is 16.3. The van der Waals surface area contributed by atoms with E-state index in [1.54, 1.807) is 0 Å². The molecule has 3 rings (SSSR count). The lowest BCUT2D eigenvalue weighted by atomic mass is 9.87. The molecular weight excluding hydrogens is 310 g/mol. The lowest BCUT2D eigenvalue weighted by molar-refractivity contribution is -0.130. The van der Waals surface area contributed by atoms with Crippen molar-refractivity contribution in [2.45, 2.75) is 32.1 Å². The predicted octanol–water partition coefficient (Wildman–Crippen LogP) is 2.45. The van der Waals surface area contributed by atoms with Gasteiger partial charge in [-0.2, -0.15) is 0 Å². The summed E-state index contributed by atoms with van der Waals surface area (Å²) in [4.78, 5) is 19.4. The summed E-state index contributed by atoms with van der Waals surface area (Å²) in [6.07, 6.45) is 1.78. The van der Waals surface area contributed by atoms with E-state index in [1.807, 2.05) is 11.9 Å². The number of piperazine rings is 1. The molecule has 1 amide bonds. The van der Waals surface area contributed by atoms with Gasteiger partial charge in [0.05, 0.1) is 0 Å². The second kappa shape index (κ2) is 7.08. The molecule has 25 heavy (non-hydrogen) atoms. The Balaban J connectivity index is 1.55. The maximum absolute atomic E-state index is 12.7. The van der Waals surface area contributed by atoms with Gasteiger partial charge in [-0.25, -0.2) is 0 Å². The van der Waals surface area contributed by atoms with Gasteiger partial charge in [0.15, 0.2) is 0 Å². The van der Waals surface area contributed by atoms with E-state index in [0.29, 0.717) is 6.42 Å². The predicted molar refractivity (Wildman–Crippen MR) is 103 cm³/mol. The van der Waals surface area contributed by atoms with Gasteiger partial charge < -0.3 is 14.7 Å². The van der Waals surface area contributed by atoms with Gasteiger partial charge in [-0.05, 0) is 24.4 Å². The molecule has 4 nitrogen and oxygen atoms in total. The van der Waals surface area contributed by atoms with E-state index in [0.717, 1.165) is 45.7 Å². The fourth-order valence-corrected chi connectivity index (χ4v) is 4.33. The van der Waals surface area contributed by atoms with Crippen molar-refractivity contribution in [1.82, 2.24) is 14.7 Å².